The molecule has 2 aromatic rings. The van der Waals surface area contributed by atoms with Gasteiger partial charge < -0.3 is 15.6 Å². The fourth-order valence-corrected chi connectivity index (χ4v) is 3.32. The van der Waals surface area contributed by atoms with Crippen LogP contribution in [0, 0.1) is 6.92 Å². The topological polar surface area (TPSA) is 127 Å². The summed E-state index contributed by atoms with van der Waals surface area (Å²) in [6, 6.07) is 6.89. The van der Waals surface area contributed by atoms with Gasteiger partial charge in [-0.3, -0.25) is 19.7 Å². The number of carbonyl (C=O) groups excluding carboxylic acids is 3. The molecule has 3 rings (SSSR count). The average Bonchev–Trinajstić information content (AvgIpc) is 3.07. The Bertz CT molecular complexity index is 848. The first-order valence-electron chi connectivity index (χ1n) is 7.52. The Labute approximate surface area is 147 Å². The van der Waals surface area contributed by atoms with Crippen molar-refractivity contribution in [3.8, 4) is 0 Å². The maximum absolute atomic E-state index is 12.0. The molecule has 130 valence electrons. The van der Waals surface area contributed by atoms with E-state index < -0.39 is 5.25 Å². The first-order chi connectivity index (χ1) is 11.9. The number of imide groups is 1. The Morgan fingerprint density at radius 3 is 2.80 bits per heavy atom. The fourth-order valence-electron chi connectivity index (χ4n) is 2.46. The minimum atomic E-state index is -0.448. The Kier molecular flexibility index (Phi) is 4.75. The van der Waals surface area contributed by atoms with Crippen molar-refractivity contribution in [3.05, 3.63) is 41.2 Å². The van der Waals surface area contributed by atoms with Crippen molar-refractivity contribution in [1.82, 2.24) is 10.5 Å². The summed E-state index contributed by atoms with van der Waals surface area (Å²) in [5.41, 5.74) is 7.97. The van der Waals surface area contributed by atoms with E-state index in [0.29, 0.717) is 29.2 Å². The van der Waals surface area contributed by atoms with E-state index >= 15 is 0 Å². The number of rotatable bonds is 5. The summed E-state index contributed by atoms with van der Waals surface area (Å²) in [6.07, 6.45) is 0.492. The Balaban J connectivity index is 1.62. The molecule has 0 radical (unpaired) electrons. The highest BCUT2D eigenvalue weighted by Crippen LogP contribution is 2.25. The van der Waals surface area contributed by atoms with Gasteiger partial charge in [-0.2, -0.15) is 0 Å². The number of nitrogens with zero attached hydrogens (tertiary/aromatic N) is 1. The first-order valence-corrected chi connectivity index (χ1v) is 8.40. The van der Waals surface area contributed by atoms with Crippen molar-refractivity contribution in [2.45, 2.75) is 25.0 Å². The van der Waals surface area contributed by atoms with Crippen LogP contribution in [0.4, 0.5) is 16.3 Å². The molecule has 1 aliphatic rings. The van der Waals surface area contributed by atoms with Crippen LogP contribution in [-0.4, -0.2) is 27.5 Å². The van der Waals surface area contributed by atoms with Crippen molar-refractivity contribution in [2.24, 2.45) is 0 Å². The minimum Gasteiger partial charge on any atom is -0.398 e. The maximum Gasteiger partial charge on any atom is 0.286 e. The molecule has 0 bridgehead atoms. The zero-order chi connectivity index (χ0) is 18.0. The second-order valence-corrected chi connectivity index (χ2v) is 6.84. The number of benzene rings is 1. The summed E-state index contributed by atoms with van der Waals surface area (Å²) in [6.45, 7) is 1.73. The van der Waals surface area contributed by atoms with Crippen LogP contribution in [0.1, 0.15) is 16.9 Å². The molecule has 0 aliphatic carbocycles. The molecule has 1 aliphatic heterocycles. The fraction of sp³-hybridized carbons (Fsp3) is 0.250. The van der Waals surface area contributed by atoms with Gasteiger partial charge in [-0.1, -0.05) is 29.1 Å². The lowest BCUT2D eigenvalue weighted by Gasteiger charge is -2.10. The van der Waals surface area contributed by atoms with Crippen molar-refractivity contribution in [2.75, 3.05) is 11.1 Å². The third-order valence-electron chi connectivity index (χ3n) is 3.64. The molecule has 0 spiro atoms. The lowest BCUT2D eigenvalue weighted by molar-refractivity contribution is -0.119. The lowest BCUT2D eigenvalue weighted by Crippen LogP contribution is -2.25. The molecular weight excluding hydrogens is 344 g/mol. The van der Waals surface area contributed by atoms with Gasteiger partial charge in [0.15, 0.2) is 5.82 Å². The van der Waals surface area contributed by atoms with E-state index in [0.717, 1.165) is 17.3 Å². The molecule has 25 heavy (non-hydrogen) atoms. The number of thioether (sulfide) groups is 1. The van der Waals surface area contributed by atoms with Gasteiger partial charge in [0.2, 0.25) is 11.8 Å². The Morgan fingerprint density at radius 2 is 2.20 bits per heavy atom. The van der Waals surface area contributed by atoms with Crippen LogP contribution in [0.25, 0.3) is 0 Å². The highest BCUT2D eigenvalue weighted by Gasteiger charge is 2.31. The molecule has 0 saturated carbocycles. The summed E-state index contributed by atoms with van der Waals surface area (Å²) in [7, 11) is 0. The van der Waals surface area contributed by atoms with Crippen molar-refractivity contribution >= 4 is 40.3 Å². The van der Waals surface area contributed by atoms with Gasteiger partial charge in [-0.25, -0.2) is 0 Å². The number of nitrogens with one attached hydrogen (secondary N) is 2. The number of carbonyl (C=O) groups is 3. The zero-order valence-corrected chi connectivity index (χ0v) is 14.2. The number of anilines is 2. The van der Waals surface area contributed by atoms with E-state index in [1.54, 1.807) is 31.2 Å². The summed E-state index contributed by atoms with van der Waals surface area (Å²) in [5, 5.41) is 7.80. The first kappa shape index (κ1) is 17.0. The minimum absolute atomic E-state index is 0.0924. The second kappa shape index (κ2) is 6.98. The van der Waals surface area contributed by atoms with Crippen molar-refractivity contribution in [3.63, 3.8) is 0 Å². The predicted octanol–water partition coefficient (Wildman–Crippen LogP) is 1.64. The SMILES string of the molecule is Cc1cc(NC(=O)Cc2ccc(CC3SC(=O)NC3=O)cc2N)no1. The number of aromatic nitrogens is 1. The van der Waals surface area contributed by atoms with Crippen molar-refractivity contribution < 1.29 is 18.9 Å². The molecule has 1 saturated heterocycles. The van der Waals surface area contributed by atoms with E-state index in [1.165, 1.54) is 0 Å². The smallest absolute Gasteiger partial charge is 0.286 e. The number of hydrogen-bond donors (Lipinski definition) is 3. The van der Waals surface area contributed by atoms with Crippen LogP contribution in [0.3, 0.4) is 0 Å². The molecule has 1 aromatic carbocycles. The molecule has 1 aromatic heterocycles. The summed E-state index contributed by atoms with van der Waals surface area (Å²) < 4.78 is 4.89. The number of nitrogen functional groups attached to an aromatic ring is 1. The standard InChI is InChI=1S/C16H16N4O4S/c1-8-4-13(20-24-8)18-14(21)7-10-3-2-9(5-11(10)17)6-12-15(22)19-16(23)25-12/h2-5,12H,6-7,17H2,1H3,(H,18,20,21)(H,19,22,23). The molecule has 3 amide bonds. The molecule has 1 atom stereocenters. The quantitative estimate of drug-likeness (QED) is 0.692. The van der Waals surface area contributed by atoms with E-state index in [9.17, 15) is 14.4 Å². The largest absolute Gasteiger partial charge is 0.398 e. The molecular formula is C16H16N4O4S. The summed E-state index contributed by atoms with van der Waals surface area (Å²) >= 11 is 0.972. The Hall–Kier alpha value is -2.81. The number of amides is 3. The molecule has 4 N–H and O–H groups in total. The van der Waals surface area contributed by atoms with Gasteiger partial charge in [0.1, 0.15) is 5.76 Å². The van der Waals surface area contributed by atoms with E-state index in [4.69, 9.17) is 10.3 Å². The predicted molar refractivity (Wildman–Crippen MR) is 93.0 cm³/mol. The van der Waals surface area contributed by atoms with Crippen LogP contribution in [0.2, 0.25) is 0 Å². The van der Waals surface area contributed by atoms with Crippen LogP contribution in [0.5, 0.6) is 0 Å². The van der Waals surface area contributed by atoms with E-state index in [1.807, 2.05) is 0 Å². The van der Waals surface area contributed by atoms with Crippen LogP contribution in [0.15, 0.2) is 28.8 Å². The van der Waals surface area contributed by atoms with Gasteiger partial charge >= 0.3 is 0 Å². The molecule has 9 heteroatoms. The molecule has 8 nitrogen and oxygen atoms in total. The third kappa shape index (κ3) is 4.18. The van der Waals surface area contributed by atoms with E-state index in [2.05, 4.69) is 15.8 Å². The van der Waals surface area contributed by atoms with Crippen LogP contribution < -0.4 is 16.4 Å². The maximum atomic E-state index is 12.0. The number of nitrogens with two attached hydrogens (primary N) is 1. The van der Waals surface area contributed by atoms with Crippen molar-refractivity contribution in [1.29, 1.82) is 0 Å². The van der Waals surface area contributed by atoms with Gasteiger partial charge in [-0.15, -0.1) is 0 Å². The monoisotopic (exact) mass is 360 g/mol. The molecule has 1 fully saturated rings. The zero-order valence-electron chi connectivity index (χ0n) is 13.4. The van der Waals surface area contributed by atoms with Crippen LogP contribution >= 0.6 is 11.8 Å². The third-order valence-corrected chi connectivity index (χ3v) is 4.63. The highest BCUT2D eigenvalue weighted by molar-refractivity contribution is 8.15. The number of aryl methyl sites for hydroxylation is 1. The molecule has 2 heterocycles. The summed E-state index contributed by atoms with van der Waals surface area (Å²) in [4.78, 5) is 34.9. The van der Waals surface area contributed by atoms with E-state index in [-0.39, 0.29) is 23.5 Å². The molecule has 1 unspecified atom stereocenters. The average molecular weight is 360 g/mol. The summed E-state index contributed by atoms with van der Waals surface area (Å²) in [5.74, 6) is 0.405. The van der Waals surface area contributed by atoms with Gasteiger partial charge in [0, 0.05) is 11.8 Å². The second-order valence-electron chi connectivity index (χ2n) is 5.67. The normalized spacial score (nSPS) is 16.8. The van der Waals surface area contributed by atoms with Gasteiger partial charge in [-0.05, 0) is 30.5 Å². The lowest BCUT2D eigenvalue weighted by atomic mass is 10.0. The highest BCUT2D eigenvalue weighted by atomic mass is 32.2. The Morgan fingerprint density at radius 1 is 1.40 bits per heavy atom. The number of hydrogen-bond acceptors (Lipinski definition) is 7. The van der Waals surface area contributed by atoms with Crippen LogP contribution in [-0.2, 0) is 22.4 Å². The van der Waals surface area contributed by atoms with Gasteiger partial charge in [0.25, 0.3) is 5.24 Å². The van der Waals surface area contributed by atoms with Gasteiger partial charge in [0.05, 0.1) is 11.7 Å².